The van der Waals surface area contributed by atoms with Gasteiger partial charge in [-0.3, -0.25) is 4.79 Å². The van der Waals surface area contributed by atoms with Crippen LogP contribution in [0.3, 0.4) is 0 Å². The molecule has 3 aromatic rings. The summed E-state index contributed by atoms with van der Waals surface area (Å²) in [5.41, 5.74) is 3.69. The number of anilines is 1. The number of hydrogen-bond acceptors (Lipinski definition) is 4. The molecule has 174 valence electrons. The summed E-state index contributed by atoms with van der Waals surface area (Å²) >= 11 is 6.53. The van der Waals surface area contributed by atoms with Crippen molar-refractivity contribution in [2.24, 2.45) is 0 Å². The van der Waals surface area contributed by atoms with Crippen LogP contribution in [0.5, 0.6) is 0 Å². The molecule has 3 heterocycles. The van der Waals surface area contributed by atoms with Crippen LogP contribution in [0.1, 0.15) is 40.0 Å². The highest BCUT2D eigenvalue weighted by atomic mass is 35.5. The molecule has 6 nitrogen and oxygen atoms in total. The Morgan fingerprint density at radius 2 is 1.82 bits per heavy atom. The molecule has 9 heteroatoms. The van der Waals surface area contributed by atoms with Crippen LogP contribution in [0.15, 0.2) is 48.7 Å². The van der Waals surface area contributed by atoms with Crippen molar-refractivity contribution in [3.05, 3.63) is 76.1 Å². The molecule has 2 aliphatic heterocycles. The second kappa shape index (κ2) is 8.73. The normalized spacial score (nSPS) is 17.2. The number of aromatic nitrogens is 2. The van der Waals surface area contributed by atoms with Gasteiger partial charge in [-0.2, -0.15) is 10.4 Å². The molecule has 0 radical (unpaired) electrons. The molecule has 0 bridgehead atoms. The highest BCUT2D eigenvalue weighted by Crippen LogP contribution is 2.37. The average molecular weight is 482 g/mol. The van der Waals surface area contributed by atoms with E-state index in [1.807, 2.05) is 42.6 Å². The van der Waals surface area contributed by atoms with E-state index >= 15 is 0 Å². The van der Waals surface area contributed by atoms with Gasteiger partial charge in [0.1, 0.15) is 6.07 Å². The first-order valence-corrected chi connectivity index (χ1v) is 11.5. The predicted molar refractivity (Wildman–Crippen MR) is 125 cm³/mol. The maximum absolute atomic E-state index is 13.7. The average Bonchev–Trinajstić information content (AvgIpc) is 3.28. The zero-order chi connectivity index (χ0) is 23.9. The van der Waals surface area contributed by atoms with E-state index in [1.165, 1.54) is 0 Å². The number of fused-ring (bicyclic) bond motifs is 1. The number of alkyl halides is 2. The molecular formula is C25H22ClF2N5O. The number of nitriles is 1. The molecule has 1 amide bonds. The first-order chi connectivity index (χ1) is 16.4. The van der Waals surface area contributed by atoms with E-state index in [9.17, 15) is 18.8 Å². The molecule has 1 aromatic heterocycles. The van der Waals surface area contributed by atoms with Crippen LogP contribution >= 0.6 is 11.6 Å². The van der Waals surface area contributed by atoms with Crippen molar-refractivity contribution in [3.8, 4) is 11.8 Å². The second-order valence-corrected chi connectivity index (χ2v) is 9.01. The summed E-state index contributed by atoms with van der Waals surface area (Å²) in [5, 5.41) is 14.2. The summed E-state index contributed by atoms with van der Waals surface area (Å²) in [6, 6.07) is 14.9. The zero-order valence-electron chi connectivity index (χ0n) is 18.3. The Labute approximate surface area is 200 Å². The van der Waals surface area contributed by atoms with Gasteiger partial charge >= 0.3 is 0 Å². The van der Waals surface area contributed by atoms with Gasteiger partial charge in [-0.05, 0) is 24.3 Å². The molecule has 0 atom stereocenters. The van der Waals surface area contributed by atoms with Crippen LogP contribution in [0.4, 0.5) is 14.5 Å². The summed E-state index contributed by atoms with van der Waals surface area (Å²) in [5.74, 6) is -3.02. The van der Waals surface area contributed by atoms with Crippen molar-refractivity contribution >= 4 is 23.2 Å². The van der Waals surface area contributed by atoms with E-state index in [-0.39, 0.29) is 48.0 Å². The Hall–Kier alpha value is -3.44. The fourth-order valence-electron chi connectivity index (χ4n) is 4.55. The molecular weight excluding hydrogens is 460 g/mol. The van der Waals surface area contributed by atoms with E-state index < -0.39 is 5.92 Å². The Kier molecular flexibility index (Phi) is 5.74. The Morgan fingerprint density at radius 3 is 2.53 bits per heavy atom. The summed E-state index contributed by atoms with van der Waals surface area (Å²) in [4.78, 5) is 17.1. The van der Waals surface area contributed by atoms with Crippen LogP contribution in [-0.2, 0) is 13.0 Å². The number of carbonyl (C=O) groups is 1. The van der Waals surface area contributed by atoms with Crippen molar-refractivity contribution < 1.29 is 13.6 Å². The standard InChI is InChI=1S/C25H22ClF2N5O/c26-23-17(14-29)6-7-21(31-12-9-25(27,28)10-13-31)22(23)24(34)32-11-8-20-18(15-32)16-33(30-20)19-4-2-1-3-5-19/h1-7,16H,8-13,15H2. The lowest BCUT2D eigenvalue weighted by Gasteiger charge is -2.35. The Bertz CT molecular complexity index is 1270. The first-order valence-electron chi connectivity index (χ1n) is 11.1. The van der Waals surface area contributed by atoms with Crippen molar-refractivity contribution in [1.82, 2.24) is 14.7 Å². The largest absolute Gasteiger partial charge is 0.370 e. The monoisotopic (exact) mass is 481 g/mol. The molecule has 2 aliphatic rings. The third-order valence-corrected chi connectivity index (χ3v) is 6.85. The highest BCUT2D eigenvalue weighted by Gasteiger charge is 2.36. The van der Waals surface area contributed by atoms with Crippen molar-refractivity contribution in [2.75, 3.05) is 24.5 Å². The fourth-order valence-corrected chi connectivity index (χ4v) is 4.83. The minimum Gasteiger partial charge on any atom is -0.370 e. The zero-order valence-corrected chi connectivity index (χ0v) is 19.1. The summed E-state index contributed by atoms with van der Waals surface area (Å²) in [6.45, 7) is 1.03. The molecule has 5 rings (SSSR count). The quantitative estimate of drug-likeness (QED) is 0.537. The number of amides is 1. The molecule has 0 saturated carbocycles. The lowest BCUT2D eigenvalue weighted by Crippen LogP contribution is -2.41. The van der Waals surface area contributed by atoms with Gasteiger partial charge in [0.2, 0.25) is 0 Å². The van der Waals surface area contributed by atoms with Crippen LogP contribution in [0.25, 0.3) is 5.69 Å². The smallest absolute Gasteiger partial charge is 0.257 e. The van der Waals surface area contributed by atoms with Crippen molar-refractivity contribution in [1.29, 1.82) is 5.26 Å². The first kappa shape index (κ1) is 22.4. The van der Waals surface area contributed by atoms with Crippen LogP contribution in [-0.4, -0.2) is 46.1 Å². The van der Waals surface area contributed by atoms with E-state index in [2.05, 4.69) is 5.10 Å². The SMILES string of the molecule is N#Cc1ccc(N2CCC(F)(F)CC2)c(C(=O)N2CCc3nn(-c4ccccc4)cc3C2)c1Cl. The number of rotatable bonds is 3. The highest BCUT2D eigenvalue weighted by molar-refractivity contribution is 6.35. The molecule has 1 saturated heterocycles. The third kappa shape index (κ3) is 4.12. The van der Waals surface area contributed by atoms with Crippen LogP contribution in [0, 0.1) is 11.3 Å². The molecule has 1 fully saturated rings. The summed E-state index contributed by atoms with van der Waals surface area (Å²) in [6.07, 6.45) is 1.93. The molecule has 0 aliphatic carbocycles. The molecule has 2 aromatic carbocycles. The van der Waals surface area contributed by atoms with Crippen LogP contribution in [0.2, 0.25) is 5.02 Å². The number of piperidine rings is 1. The van der Waals surface area contributed by atoms with Gasteiger partial charge in [0.05, 0.1) is 33.2 Å². The lowest BCUT2D eigenvalue weighted by atomic mass is 10.0. The number of halogens is 3. The Morgan fingerprint density at radius 1 is 1.09 bits per heavy atom. The number of para-hydroxylation sites is 1. The fraction of sp³-hybridized carbons (Fsp3) is 0.320. The molecule has 0 unspecified atom stereocenters. The third-order valence-electron chi connectivity index (χ3n) is 6.45. The van der Waals surface area contributed by atoms with Gasteiger partial charge in [-0.25, -0.2) is 13.5 Å². The number of nitrogens with zero attached hydrogens (tertiary/aromatic N) is 5. The number of hydrogen-bond donors (Lipinski definition) is 0. The van der Waals surface area contributed by atoms with E-state index in [0.29, 0.717) is 25.2 Å². The molecule has 0 spiro atoms. The van der Waals surface area contributed by atoms with Crippen molar-refractivity contribution in [2.45, 2.75) is 31.7 Å². The number of carbonyl (C=O) groups excluding carboxylic acids is 1. The maximum atomic E-state index is 13.7. The van der Waals surface area contributed by atoms with Crippen LogP contribution < -0.4 is 4.90 Å². The van der Waals surface area contributed by atoms with Gasteiger partial charge in [0, 0.05) is 57.2 Å². The molecule has 0 N–H and O–H groups in total. The lowest BCUT2D eigenvalue weighted by molar-refractivity contribution is -0.0220. The van der Waals surface area contributed by atoms with Gasteiger partial charge in [0.25, 0.3) is 11.8 Å². The summed E-state index contributed by atoms with van der Waals surface area (Å²) in [7, 11) is 0. The Balaban J connectivity index is 1.45. The number of benzene rings is 2. The van der Waals surface area contributed by atoms with E-state index in [0.717, 1.165) is 16.9 Å². The topological polar surface area (TPSA) is 65.2 Å². The van der Waals surface area contributed by atoms with E-state index in [4.69, 9.17) is 11.6 Å². The minimum absolute atomic E-state index is 0.0631. The van der Waals surface area contributed by atoms with Gasteiger partial charge < -0.3 is 9.80 Å². The van der Waals surface area contributed by atoms with E-state index in [1.54, 1.807) is 26.6 Å². The van der Waals surface area contributed by atoms with Gasteiger partial charge in [-0.1, -0.05) is 29.8 Å². The van der Waals surface area contributed by atoms with Crippen molar-refractivity contribution in [3.63, 3.8) is 0 Å². The maximum Gasteiger partial charge on any atom is 0.257 e. The summed E-state index contributed by atoms with van der Waals surface area (Å²) < 4.78 is 29.3. The molecule has 34 heavy (non-hydrogen) atoms. The predicted octanol–water partition coefficient (Wildman–Crippen LogP) is 4.83. The van der Waals surface area contributed by atoms with Gasteiger partial charge in [0.15, 0.2) is 0 Å². The van der Waals surface area contributed by atoms with Gasteiger partial charge in [-0.15, -0.1) is 0 Å². The minimum atomic E-state index is -2.71. The second-order valence-electron chi connectivity index (χ2n) is 8.63.